The molecule has 5 heteroatoms. The van der Waals surface area contributed by atoms with Gasteiger partial charge in [0.2, 0.25) is 0 Å². The molecule has 0 aliphatic rings. The predicted octanol–water partition coefficient (Wildman–Crippen LogP) is 1.55. The first kappa shape index (κ1) is 10.1. The van der Waals surface area contributed by atoms with Gasteiger partial charge < -0.3 is 4.89 Å². The molecule has 1 unspecified atom stereocenters. The fourth-order valence-electron chi connectivity index (χ4n) is 0.206. The van der Waals surface area contributed by atoms with Crippen LogP contribution < -0.4 is 0 Å². The lowest BCUT2D eigenvalue weighted by Crippen LogP contribution is -2.02. The van der Waals surface area contributed by atoms with Crippen LogP contribution >= 0.6 is 7.60 Å². The van der Waals surface area contributed by atoms with E-state index in [2.05, 4.69) is 9.56 Å². The summed E-state index contributed by atoms with van der Waals surface area (Å²) in [7, 11) is -3.45. The largest absolute Gasteiger partial charge is 0.355 e. The van der Waals surface area contributed by atoms with Crippen LogP contribution in [0.25, 0.3) is 0 Å². The van der Waals surface area contributed by atoms with E-state index in [1.807, 2.05) is 0 Å². The molecule has 0 rings (SSSR count). The van der Waals surface area contributed by atoms with Gasteiger partial charge in [-0.25, -0.2) is 4.89 Å². The van der Waals surface area contributed by atoms with Crippen molar-refractivity contribution >= 4 is 7.60 Å². The van der Waals surface area contributed by atoms with Crippen LogP contribution in [0.15, 0.2) is 0 Å². The number of hydrogen-bond donors (Lipinski definition) is 1. The highest BCUT2D eigenvalue weighted by atomic mass is 31.2. The van der Waals surface area contributed by atoms with E-state index in [1.54, 1.807) is 20.8 Å². The third kappa shape index (κ3) is 4.94. The Bertz CT molecular complexity index is 134. The second kappa shape index (κ2) is 4.09. The number of hydrogen-bond acceptors (Lipinski definition) is 3. The van der Waals surface area contributed by atoms with Crippen molar-refractivity contribution in [1.29, 1.82) is 0 Å². The first-order chi connectivity index (χ1) is 4.48. The van der Waals surface area contributed by atoms with Crippen molar-refractivity contribution in [1.82, 2.24) is 0 Å². The number of rotatable bonds is 4. The van der Waals surface area contributed by atoms with Crippen molar-refractivity contribution in [3.8, 4) is 0 Å². The molecule has 0 heterocycles. The highest BCUT2D eigenvalue weighted by molar-refractivity contribution is 7.52. The maximum absolute atomic E-state index is 10.7. The highest BCUT2D eigenvalue weighted by Crippen LogP contribution is 2.41. The summed E-state index contributed by atoms with van der Waals surface area (Å²) in [5.74, 6) is 0. The zero-order valence-corrected chi connectivity index (χ0v) is 7.30. The molecule has 62 valence electrons. The first-order valence-electron chi connectivity index (χ1n) is 3.15. The molecule has 0 saturated carbocycles. The van der Waals surface area contributed by atoms with Gasteiger partial charge in [0, 0.05) is 6.16 Å². The molecular weight excluding hydrogens is 155 g/mol. The summed E-state index contributed by atoms with van der Waals surface area (Å²) in [5.41, 5.74) is 0. The first-order valence-corrected chi connectivity index (χ1v) is 4.91. The third-order valence-corrected chi connectivity index (χ3v) is 1.87. The third-order valence-electron chi connectivity index (χ3n) is 0.752. The Balaban J connectivity index is 3.58. The minimum Gasteiger partial charge on any atom is -0.323 e. The maximum atomic E-state index is 10.7. The van der Waals surface area contributed by atoms with Gasteiger partial charge in [0.1, 0.15) is 0 Å². The van der Waals surface area contributed by atoms with Gasteiger partial charge in [-0.1, -0.05) is 6.92 Å². The Hall–Kier alpha value is 0.110. The molecule has 0 bridgehead atoms. The van der Waals surface area contributed by atoms with Crippen LogP contribution in [0.1, 0.15) is 20.8 Å². The van der Waals surface area contributed by atoms with E-state index in [-0.39, 0.29) is 12.3 Å². The monoisotopic (exact) mass is 168 g/mol. The summed E-state index contributed by atoms with van der Waals surface area (Å²) in [6.45, 7) is 5.00. The SMILES string of the molecule is CCP(=O)(O)OOC(C)C. The van der Waals surface area contributed by atoms with Crippen molar-refractivity contribution in [2.45, 2.75) is 26.9 Å². The Morgan fingerprint density at radius 3 is 2.40 bits per heavy atom. The average molecular weight is 168 g/mol. The maximum Gasteiger partial charge on any atom is 0.355 e. The van der Waals surface area contributed by atoms with Gasteiger partial charge in [-0.05, 0) is 13.8 Å². The second-order valence-corrected chi connectivity index (χ2v) is 4.23. The fraction of sp³-hybridized carbons (Fsp3) is 1.00. The Morgan fingerprint density at radius 2 is 2.10 bits per heavy atom. The predicted molar refractivity (Wildman–Crippen MR) is 37.7 cm³/mol. The van der Waals surface area contributed by atoms with Crippen molar-refractivity contribution in [2.24, 2.45) is 0 Å². The lowest BCUT2D eigenvalue weighted by Gasteiger charge is -2.09. The summed E-state index contributed by atoms with van der Waals surface area (Å²) in [6, 6.07) is 0. The van der Waals surface area contributed by atoms with Gasteiger partial charge in [0.05, 0.1) is 6.10 Å². The van der Waals surface area contributed by atoms with E-state index in [0.29, 0.717) is 0 Å². The minimum atomic E-state index is -3.45. The molecular formula is C5H13O4P. The van der Waals surface area contributed by atoms with Crippen LogP contribution in [-0.2, 0) is 14.1 Å². The molecule has 10 heavy (non-hydrogen) atoms. The van der Waals surface area contributed by atoms with Crippen molar-refractivity contribution < 1.29 is 19.0 Å². The molecule has 0 aliphatic carbocycles. The van der Waals surface area contributed by atoms with Crippen LogP contribution in [0, 0.1) is 0 Å². The van der Waals surface area contributed by atoms with E-state index >= 15 is 0 Å². The van der Waals surface area contributed by atoms with E-state index in [0.717, 1.165) is 0 Å². The summed E-state index contributed by atoms with van der Waals surface area (Å²) >= 11 is 0. The van der Waals surface area contributed by atoms with Gasteiger partial charge in [0.15, 0.2) is 0 Å². The molecule has 1 N–H and O–H groups in total. The van der Waals surface area contributed by atoms with Crippen LogP contribution in [0.4, 0.5) is 0 Å². The Morgan fingerprint density at radius 1 is 1.60 bits per heavy atom. The minimum absolute atomic E-state index is 0.0692. The molecule has 0 spiro atoms. The summed E-state index contributed by atoms with van der Waals surface area (Å²) in [5, 5.41) is 0. The molecule has 4 nitrogen and oxygen atoms in total. The van der Waals surface area contributed by atoms with Crippen LogP contribution in [0.2, 0.25) is 0 Å². The molecule has 0 aliphatic heterocycles. The lowest BCUT2D eigenvalue weighted by molar-refractivity contribution is -0.240. The van der Waals surface area contributed by atoms with Gasteiger partial charge in [0.25, 0.3) is 0 Å². The Kier molecular flexibility index (Phi) is 4.13. The fourth-order valence-corrected chi connectivity index (χ4v) is 0.618. The van der Waals surface area contributed by atoms with Crippen molar-refractivity contribution in [3.05, 3.63) is 0 Å². The van der Waals surface area contributed by atoms with Crippen molar-refractivity contribution in [3.63, 3.8) is 0 Å². The van der Waals surface area contributed by atoms with Gasteiger partial charge in [-0.2, -0.15) is 0 Å². The van der Waals surface area contributed by atoms with Gasteiger partial charge in [-0.3, -0.25) is 4.57 Å². The zero-order chi connectivity index (χ0) is 8.20. The van der Waals surface area contributed by atoms with Crippen molar-refractivity contribution in [2.75, 3.05) is 6.16 Å². The Labute approximate surface area is 60.6 Å². The van der Waals surface area contributed by atoms with E-state index in [1.165, 1.54) is 0 Å². The van der Waals surface area contributed by atoms with E-state index in [9.17, 15) is 4.57 Å². The molecule has 1 atom stereocenters. The van der Waals surface area contributed by atoms with E-state index < -0.39 is 7.60 Å². The standard InChI is InChI=1S/C5H13O4P/c1-4-10(6,7)9-8-5(2)3/h5H,4H2,1-3H3,(H,6,7). The van der Waals surface area contributed by atoms with Crippen LogP contribution in [-0.4, -0.2) is 17.2 Å². The summed E-state index contributed by atoms with van der Waals surface area (Å²) in [4.78, 5) is 13.3. The topological polar surface area (TPSA) is 55.8 Å². The quantitative estimate of drug-likeness (QED) is 0.393. The molecule has 0 aromatic heterocycles. The second-order valence-electron chi connectivity index (χ2n) is 2.17. The lowest BCUT2D eigenvalue weighted by atomic mass is 10.5. The molecule has 0 radical (unpaired) electrons. The summed E-state index contributed by atoms with van der Waals surface area (Å²) in [6.07, 6.45) is -0.119. The van der Waals surface area contributed by atoms with E-state index in [4.69, 9.17) is 4.89 Å². The molecule has 0 fully saturated rings. The zero-order valence-electron chi connectivity index (χ0n) is 6.40. The van der Waals surface area contributed by atoms with Gasteiger partial charge >= 0.3 is 7.60 Å². The molecule has 0 aromatic rings. The van der Waals surface area contributed by atoms with Gasteiger partial charge in [-0.15, -0.1) is 4.67 Å². The van der Waals surface area contributed by atoms with Crippen LogP contribution in [0.3, 0.4) is 0 Å². The smallest absolute Gasteiger partial charge is 0.323 e. The molecule has 0 amide bonds. The normalized spacial score (nSPS) is 17.3. The molecule has 0 aromatic carbocycles. The highest BCUT2D eigenvalue weighted by Gasteiger charge is 2.17. The summed E-state index contributed by atoms with van der Waals surface area (Å²) < 4.78 is 14.9. The molecule has 0 saturated heterocycles. The van der Waals surface area contributed by atoms with Crippen LogP contribution in [0.5, 0.6) is 0 Å². The average Bonchev–Trinajstić information content (AvgIpc) is 1.85.